The number of hydrogen-bond donors (Lipinski definition) is 1. The van der Waals surface area contributed by atoms with Gasteiger partial charge in [0, 0.05) is 63.3 Å². The van der Waals surface area contributed by atoms with Crippen molar-refractivity contribution in [3.8, 4) is 0 Å². The molecule has 1 N–H and O–H groups in total. The Hall–Kier alpha value is -2.53. The molecule has 7 rings (SSSR count). The van der Waals surface area contributed by atoms with Crippen LogP contribution in [-0.2, 0) is 43.4 Å². The van der Waals surface area contributed by atoms with Crippen molar-refractivity contribution in [3.05, 3.63) is 35.9 Å². The molecular formula is C43H63NO9. The summed E-state index contributed by atoms with van der Waals surface area (Å²) >= 11 is 0. The Balaban J connectivity index is 1.09. The zero-order valence-electron chi connectivity index (χ0n) is 33.0. The third-order valence-electron chi connectivity index (χ3n) is 15.1. The van der Waals surface area contributed by atoms with Crippen LogP contribution in [0.1, 0.15) is 143 Å². The first kappa shape index (κ1) is 38.7. The van der Waals surface area contributed by atoms with Gasteiger partial charge in [0.05, 0.1) is 0 Å². The van der Waals surface area contributed by atoms with Crippen LogP contribution in [0.4, 0.5) is 0 Å². The highest BCUT2D eigenvalue weighted by Crippen LogP contribution is 2.70. The monoisotopic (exact) mass is 737 g/mol. The van der Waals surface area contributed by atoms with Gasteiger partial charge in [-0.1, -0.05) is 51.1 Å². The zero-order valence-corrected chi connectivity index (χ0v) is 33.0. The molecule has 10 heteroatoms. The van der Waals surface area contributed by atoms with Crippen molar-refractivity contribution in [1.82, 2.24) is 5.32 Å². The number of hydrogen-bond acceptors (Lipinski definition) is 9. The Labute approximate surface area is 315 Å². The van der Waals surface area contributed by atoms with Gasteiger partial charge in [-0.15, -0.1) is 0 Å². The van der Waals surface area contributed by atoms with Crippen molar-refractivity contribution < 1.29 is 43.4 Å². The van der Waals surface area contributed by atoms with Gasteiger partial charge in [-0.3, -0.25) is 14.4 Å². The van der Waals surface area contributed by atoms with Gasteiger partial charge in [-0.05, 0) is 112 Å². The quantitative estimate of drug-likeness (QED) is 0.208. The van der Waals surface area contributed by atoms with E-state index in [4.69, 9.17) is 29.0 Å². The molecule has 1 heterocycles. The maximum atomic E-state index is 12.8. The largest absolute Gasteiger partial charge is 0.462 e. The van der Waals surface area contributed by atoms with Crippen molar-refractivity contribution in [1.29, 1.82) is 0 Å². The predicted molar refractivity (Wildman–Crippen MR) is 196 cm³/mol. The maximum Gasteiger partial charge on any atom is 0.302 e. The lowest BCUT2D eigenvalue weighted by molar-refractivity contribution is -0.665. The summed E-state index contributed by atoms with van der Waals surface area (Å²) < 4.78 is 12.7. The van der Waals surface area contributed by atoms with E-state index in [2.05, 4.69) is 50.4 Å². The lowest BCUT2D eigenvalue weighted by Crippen LogP contribution is -2.65. The number of carbonyl (C=O) groups excluding carboxylic acids is 3. The predicted octanol–water partition coefficient (Wildman–Crippen LogP) is 8.33. The van der Waals surface area contributed by atoms with Gasteiger partial charge < -0.3 is 14.8 Å². The number of esters is 2. The number of benzene rings is 1. The van der Waals surface area contributed by atoms with Gasteiger partial charge in [-0.2, -0.15) is 19.6 Å². The van der Waals surface area contributed by atoms with Crippen molar-refractivity contribution in [2.45, 2.75) is 168 Å². The highest BCUT2D eigenvalue weighted by molar-refractivity contribution is 5.76. The highest BCUT2D eigenvalue weighted by Gasteiger charge is 2.69. The van der Waals surface area contributed by atoms with Crippen molar-refractivity contribution >= 4 is 17.8 Å². The number of ether oxygens (including phenoxy) is 2. The number of amides is 1. The van der Waals surface area contributed by atoms with Crippen LogP contribution >= 0.6 is 0 Å². The SMILES string of the molecule is CC(=O)O[C@H]1C[C@@H]2CC3(CC[C@]2(C)C2C[C@H](OC(C)=O)[C@@]4(C)C(CC[C@@H]4C(C)CCC(=O)NC(C)C)C21)OOC1(CCC(c2ccccc2)CC1)OO3. The molecule has 10 nitrogen and oxygen atoms in total. The molecule has 5 aliphatic carbocycles. The minimum Gasteiger partial charge on any atom is -0.462 e. The molecule has 6 aliphatic rings. The van der Waals surface area contributed by atoms with Crippen LogP contribution in [0.5, 0.6) is 0 Å². The first-order chi connectivity index (χ1) is 25.2. The molecule has 6 fully saturated rings. The van der Waals surface area contributed by atoms with E-state index >= 15 is 0 Å². The van der Waals surface area contributed by atoms with E-state index in [1.807, 2.05) is 19.9 Å². The van der Waals surface area contributed by atoms with Gasteiger partial charge in [0.25, 0.3) is 0 Å². The van der Waals surface area contributed by atoms with Crippen LogP contribution in [0.15, 0.2) is 30.3 Å². The Morgan fingerprint density at radius 3 is 2.11 bits per heavy atom. The van der Waals surface area contributed by atoms with Gasteiger partial charge in [0.15, 0.2) is 0 Å². The van der Waals surface area contributed by atoms with Crippen LogP contribution in [-0.4, -0.2) is 47.7 Å². The highest BCUT2D eigenvalue weighted by atomic mass is 17.4. The molecule has 294 valence electrons. The summed E-state index contributed by atoms with van der Waals surface area (Å²) in [7, 11) is 0. The number of rotatable bonds is 8. The fourth-order valence-corrected chi connectivity index (χ4v) is 12.5. The van der Waals surface area contributed by atoms with Crippen LogP contribution in [0, 0.1) is 46.3 Å². The lowest BCUT2D eigenvalue weighted by atomic mass is 9.42. The molecule has 5 saturated carbocycles. The van der Waals surface area contributed by atoms with E-state index in [1.165, 1.54) is 19.4 Å². The van der Waals surface area contributed by atoms with Crippen molar-refractivity contribution in [2.75, 3.05) is 0 Å². The second kappa shape index (κ2) is 14.8. The second-order valence-corrected chi connectivity index (χ2v) is 18.5. The van der Waals surface area contributed by atoms with Gasteiger partial charge in [-0.25, -0.2) is 0 Å². The third kappa shape index (κ3) is 7.31. The molecule has 1 amide bonds. The Bertz CT molecular complexity index is 1480. The van der Waals surface area contributed by atoms with Gasteiger partial charge in [0.2, 0.25) is 17.5 Å². The third-order valence-corrected chi connectivity index (χ3v) is 15.1. The fourth-order valence-electron chi connectivity index (χ4n) is 12.5. The normalized spacial score (nSPS) is 42.6. The summed E-state index contributed by atoms with van der Waals surface area (Å²) in [5.41, 5.74) is 0.915. The summed E-state index contributed by atoms with van der Waals surface area (Å²) in [5, 5.41) is 3.03. The van der Waals surface area contributed by atoms with Crippen LogP contribution in [0.25, 0.3) is 0 Å². The molecule has 10 atom stereocenters. The van der Waals surface area contributed by atoms with Crippen LogP contribution < -0.4 is 5.32 Å². The maximum absolute atomic E-state index is 12.8. The number of fused-ring (bicyclic) bond motifs is 5. The molecule has 4 unspecified atom stereocenters. The van der Waals surface area contributed by atoms with E-state index in [0.29, 0.717) is 50.9 Å². The molecule has 1 aromatic carbocycles. The molecule has 53 heavy (non-hydrogen) atoms. The molecular weight excluding hydrogens is 674 g/mol. The summed E-state index contributed by atoms with van der Waals surface area (Å²) in [4.78, 5) is 63.2. The first-order valence-electron chi connectivity index (χ1n) is 20.6. The van der Waals surface area contributed by atoms with E-state index < -0.39 is 11.6 Å². The lowest BCUT2D eigenvalue weighted by Gasteiger charge is -2.65. The van der Waals surface area contributed by atoms with Gasteiger partial charge >= 0.3 is 11.9 Å². The minimum atomic E-state index is -1.03. The number of nitrogens with one attached hydrogen (secondary N) is 1. The van der Waals surface area contributed by atoms with Crippen LogP contribution in [0.2, 0.25) is 0 Å². The molecule has 0 aromatic heterocycles. The summed E-state index contributed by atoms with van der Waals surface area (Å²) in [6, 6.07) is 10.7. The molecule has 1 saturated heterocycles. The van der Waals surface area contributed by atoms with Crippen molar-refractivity contribution in [3.63, 3.8) is 0 Å². The average Bonchev–Trinajstić information content (AvgIpc) is 3.48. The summed E-state index contributed by atoms with van der Waals surface area (Å²) in [5.74, 6) is -0.776. The van der Waals surface area contributed by atoms with Crippen LogP contribution in [0.3, 0.4) is 0 Å². The zero-order chi connectivity index (χ0) is 37.8. The van der Waals surface area contributed by atoms with E-state index in [9.17, 15) is 14.4 Å². The molecule has 2 spiro atoms. The first-order valence-corrected chi connectivity index (χ1v) is 20.6. The Morgan fingerprint density at radius 1 is 0.811 bits per heavy atom. The minimum absolute atomic E-state index is 0.0790. The number of carbonyl (C=O) groups is 3. The molecule has 1 aromatic rings. The Kier molecular flexibility index (Phi) is 10.9. The standard InChI is InChI=1S/C43H63NO9/c1-26(2)44-38(47)16-13-27(3)33-14-15-34-39-35(24-37(41(33,34)7)49-29(5)46)40(6)21-22-43(25-32(40)23-36(39)48-28(4)45)52-50-42(51-53-43)19-17-31(18-20-42)30-11-9-8-10-12-30/h8-12,26-27,31-37,39H,13-25H2,1-7H3,(H,44,47)/t27?,31?,32-,33-,34?,35?,36+,37+,39?,40+,41-,42?,43?/m1/s1. The van der Waals surface area contributed by atoms with E-state index in [-0.39, 0.29) is 82.4 Å². The van der Waals surface area contributed by atoms with Gasteiger partial charge in [0.1, 0.15) is 12.2 Å². The Morgan fingerprint density at radius 2 is 1.47 bits per heavy atom. The van der Waals surface area contributed by atoms with E-state index in [1.54, 1.807) is 0 Å². The fraction of sp³-hybridized carbons (Fsp3) is 0.791. The summed E-state index contributed by atoms with van der Waals surface area (Å²) in [6.45, 7) is 14.0. The molecule has 0 radical (unpaired) electrons. The van der Waals surface area contributed by atoms with Crippen molar-refractivity contribution in [2.24, 2.45) is 46.3 Å². The smallest absolute Gasteiger partial charge is 0.302 e. The average molecular weight is 738 g/mol. The summed E-state index contributed by atoms with van der Waals surface area (Å²) in [6.07, 6.45) is 9.32. The molecule has 0 bridgehead atoms. The molecule has 1 aliphatic heterocycles. The topological polar surface area (TPSA) is 119 Å². The second-order valence-electron chi connectivity index (χ2n) is 18.5. The van der Waals surface area contributed by atoms with E-state index in [0.717, 1.165) is 38.5 Å².